The average Bonchev–Trinajstić information content (AvgIpc) is 3.40. The van der Waals surface area contributed by atoms with Gasteiger partial charge in [0.2, 0.25) is 5.95 Å². The summed E-state index contributed by atoms with van der Waals surface area (Å²) < 4.78 is 55.3. The van der Waals surface area contributed by atoms with Crippen molar-refractivity contribution in [2.45, 2.75) is 25.4 Å². The van der Waals surface area contributed by atoms with Gasteiger partial charge in [0.1, 0.15) is 5.15 Å². The van der Waals surface area contributed by atoms with E-state index in [0.717, 1.165) is 21.9 Å². The highest BCUT2D eigenvalue weighted by Gasteiger charge is 2.34. The summed E-state index contributed by atoms with van der Waals surface area (Å²) in [6, 6.07) is 22.1. The molecule has 0 bridgehead atoms. The van der Waals surface area contributed by atoms with Crippen LogP contribution < -0.4 is 0 Å². The van der Waals surface area contributed by atoms with Crippen LogP contribution in [0.4, 0.5) is 17.6 Å². The second kappa shape index (κ2) is 9.64. The lowest BCUT2D eigenvalue weighted by atomic mass is 9.83. The van der Waals surface area contributed by atoms with Crippen LogP contribution in [0.3, 0.4) is 0 Å². The van der Waals surface area contributed by atoms with Gasteiger partial charge >= 0.3 is 6.18 Å². The maximum Gasteiger partial charge on any atom is 0.435 e. The van der Waals surface area contributed by atoms with E-state index in [1.165, 1.54) is 18.3 Å². The number of alkyl halides is 3. The third-order valence-electron chi connectivity index (χ3n) is 6.15. The number of rotatable bonds is 5. The number of hydrogen-bond acceptors (Lipinski definition) is 4. The van der Waals surface area contributed by atoms with E-state index in [2.05, 4.69) is 15.1 Å². The number of aromatic nitrogens is 5. The Morgan fingerprint density at radius 3 is 2.18 bits per heavy atom. The van der Waals surface area contributed by atoms with Crippen molar-refractivity contribution in [2.75, 3.05) is 0 Å². The zero-order valence-corrected chi connectivity index (χ0v) is 21.0. The van der Waals surface area contributed by atoms with Crippen LogP contribution >= 0.6 is 11.6 Å². The summed E-state index contributed by atoms with van der Waals surface area (Å²) in [5, 5.41) is 3.74. The van der Waals surface area contributed by atoms with E-state index in [0.29, 0.717) is 17.1 Å². The van der Waals surface area contributed by atoms with Crippen LogP contribution in [0.5, 0.6) is 0 Å². The molecular weight excluding hydrogens is 518 g/mol. The Hall–Kier alpha value is -4.11. The van der Waals surface area contributed by atoms with Gasteiger partial charge in [-0.25, -0.2) is 14.6 Å². The van der Waals surface area contributed by atoms with Gasteiger partial charge in [-0.2, -0.15) is 22.7 Å². The molecule has 0 unspecified atom stereocenters. The van der Waals surface area contributed by atoms with Crippen LogP contribution in [-0.2, 0) is 11.6 Å². The first-order valence-corrected chi connectivity index (χ1v) is 11.9. The normalized spacial score (nSPS) is 12.1. The highest BCUT2D eigenvalue weighted by molar-refractivity contribution is 6.29. The molecule has 0 aliphatic rings. The molecule has 0 radical (unpaired) electrons. The molecule has 0 aliphatic heterocycles. The lowest BCUT2D eigenvalue weighted by Gasteiger charge is -2.25. The molecule has 0 saturated carbocycles. The minimum Gasteiger partial charge on any atom is -0.252 e. The van der Waals surface area contributed by atoms with Crippen molar-refractivity contribution in [3.63, 3.8) is 0 Å². The number of halogens is 5. The van der Waals surface area contributed by atoms with Gasteiger partial charge in [-0.1, -0.05) is 48.0 Å². The fraction of sp³-hybridized carbons (Fsp3) is 0.143. The summed E-state index contributed by atoms with van der Waals surface area (Å²) >= 11 is 5.80. The zero-order chi connectivity index (χ0) is 27.1. The molecule has 0 fully saturated rings. The van der Waals surface area contributed by atoms with Crippen molar-refractivity contribution in [1.29, 1.82) is 0 Å². The summed E-state index contributed by atoms with van der Waals surface area (Å²) in [7, 11) is 0. The van der Waals surface area contributed by atoms with Gasteiger partial charge in [0.25, 0.3) is 0 Å². The maximum atomic E-state index is 14.5. The lowest BCUT2D eigenvalue weighted by Crippen LogP contribution is -2.23. The van der Waals surface area contributed by atoms with Gasteiger partial charge in [-0.3, -0.25) is 4.98 Å². The van der Waals surface area contributed by atoms with Crippen molar-refractivity contribution in [3.8, 4) is 28.2 Å². The predicted molar refractivity (Wildman–Crippen MR) is 136 cm³/mol. The largest absolute Gasteiger partial charge is 0.435 e. The van der Waals surface area contributed by atoms with E-state index in [-0.39, 0.29) is 16.5 Å². The molecule has 192 valence electrons. The highest BCUT2D eigenvalue weighted by Crippen LogP contribution is 2.35. The molecule has 5 nitrogen and oxygen atoms in total. The van der Waals surface area contributed by atoms with Crippen molar-refractivity contribution in [2.24, 2.45) is 0 Å². The minimum atomic E-state index is -4.58. The second-order valence-corrected chi connectivity index (χ2v) is 9.50. The average molecular weight is 538 g/mol. The number of hydrogen-bond donors (Lipinski definition) is 0. The Labute approximate surface area is 220 Å². The molecule has 4 heterocycles. The summed E-state index contributed by atoms with van der Waals surface area (Å²) in [6.45, 7) is 3.78. The van der Waals surface area contributed by atoms with Gasteiger partial charge < -0.3 is 0 Å². The van der Waals surface area contributed by atoms with Crippen LogP contribution in [0, 0.1) is 5.95 Å². The van der Waals surface area contributed by atoms with Crippen LogP contribution in [0.1, 0.15) is 30.9 Å². The smallest absolute Gasteiger partial charge is 0.252 e. The quantitative estimate of drug-likeness (QED) is 0.172. The first-order chi connectivity index (χ1) is 18.0. The van der Waals surface area contributed by atoms with Gasteiger partial charge in [0.05, 0.1) is 22.6 Å². The first kappa shape index (κ1) is 25.5. The predicted octanol–water partition coefficient (Wildman–Crippen LogP) is 7.53. The van der Waals surface area contributed by atoms with Crippen molar-refractivity contribution in [1.82, 2.24) is 24.7 Å². The molecule has 38 heavy (non-hydrogen) atoms. The summed E-state index contributed by atoms with van der Waals surface area (Å²) in [5.41, 5.74) is 1.42. The summed E-state index contributed by atoms with van der Waals surface area (Å²) in [6.07, 6.45) is -3.35. The SMILES string of the molecule is CC(C)(c1cccc(-c2ccc(Cl)nc2F)n1)c1cc(-c2ccccc2)cc(-n2ccc(C(F)(F)F)n2)n1. The zero-order valence-electron chi connectivity index (χ0n) is 20.2. The number of nitrogens with zero attached hydrogens (tertiary/aromatic N) is 5. The Morgan fingerprint density at radius 1 is 0.737 bits per heavy atom. The monoisotopic (exact) mass is 537 g/mol. The number of pyridine rings is 3. The van der Waals surface area contributed by atoms with Crippen molar-refractivity contribution in [3.05, 3.63) is 113 Å². The highest BCUT2D eigenvalue weighted by atomic mass is 35.5. The van der Waals surface area contributed by atoms with Crippen LogP contribution in [0.2, 0.25) is 5.15 Å². The first-order valence-electron chi connectivity index (χ1n) is 11.5. The van der Waals surface area contributed by atoms with E-state index in [9.17, 15) is 17.6 Å². The third-order valence-corrected chi connectivity index (χ3v) is 6.36. The Balaban J connectivity index is 1.64. The van der Waals surface area contributed by atoms with E-state index < -0.39 is 23.2 Å². The van der Waals surface area contributed by atoms with E-state index in [1.54, 1.807) is 24.3 Å². The minimum absolute atomic E-state index is 0.0319. The van der Waals surface area contributed by atoms with E-state index in [1.807, 2.05) is 50.2 Å². The standard InChI is InChI=1S/C28H20ClF4N5/c1-27(2,21-10-6-9-20(34-21)19-11-12-24(29)36-26(19)30)23-15-18(17-7-4-3-5-8-17)16-25(35-23)38-14-13-22(37-38)28(31,32)33/h3-16H,1-2H3. The molecule has 10 heteroatoms. The van der Waals surface area contributed by atoms with E-state index >= 15 is 0 Å². The van der Waals surface area contributed by atoms with E-state index in [4.69, 9.17) is 16.6 Å². The van der Waals surface area contributed by atoms with Crippen molar-refractivity contribution < 1.29 is 17.6 Å². The van der Waals surface area contributed by atoms with Gasteiger partial charge in [-0.05, 0) is 67.4 Å². The summed E-state index contributed by atoms with van der Waals surface area (Å²) in [5.74, 6) is -0.528. The van der Waals surface area contributed by atoms with Crippen LogP contribution in [0.25, 0.3) is 28.2 Å². The molecular formula is C28H20ClF4N5. The van der Waals surface area contributed by atoms with Crippen LogP contribution in [-0.4, -0.2) is 24.7 Å². The van der Waals surface area contributed by atoms with Crippen LogP contribution in [0.15, 0.2) is 85.1 Å². The van der Waals surface area contributed by atoms with Crippen molar-refractivity contribution >= 4 is 11.6 Å². The maximum absolute atomic E-state index is 14.5. The summed E-state index contributed by atoms with van der Waals surface area (Å²) in [4.78, 5) is 13.0. The van der Waals surface area contributed by atoms with Gasteiger partial charge in [-0.15, -0.1) is 0 Å². The topological polar surface area (TPSA) is 56.5 Å². The molecule has 0 saturated heterocycles. The molecule has 0 aliphatic carbocycles. The molecule has 1 aromatic carbocycles. The molecule has 4 aromatic heterocycles. The Morgan fingerprint density at radius 2 is 1.50 bits per heavy atom. The number of benzene rings is 1. The second-order valence-electron chi connectivity index (χ2n) is 9.11. The third kappa shape index (κ3) is 5.02. The van der Waals surface area contributed by atoms with Gasteiger partial charge in [0, 0.05) is 11.6 Å². The Bertz CT molecular complexity index is 1610. The molecule has 5 aromatic rings. The molecule has 0 atom stereocenters. The molecule has 0 amide bonds. The fourth-order valence-corrected chi connectivity index (χ4v) is 4.16. The Kier molecular flexibility index (Phi) is 6.48. The molecule has 5 rings (SSSR count). The molecule has 0 N–H and O–H groups in total. The fourth-order valence-electron chi connectivity index (χ4n) is 4.02. The lowest BCUT2D eigenvalue weighted by molar-refractivity contribution is -0.141. The molecule has 0 spiro atoms. The van der Waals surface area contributed by atoms with Gasteiger partial charge in [0.15, 0.2) is 11.5 Å².